The van der Waals surface area contributed by atoms with Crippen LogP contribution in [0.4, 0.5) is 0 Å². The van der Waals surface area contributed by atoms with Gasteiger partial charge in [-0.05, 0) is 42.6 Å². The average Bonchev–Trinajstić information content (AvgIpc) is 3.49. The van der Waals surface area contributed by atoms with Crippen LogP contribution in [0.1, 0.15) is 30.9 Å². The lowest BCUT2D eigenvalue weighted by molar-refractivity contribution is -0.122. The largest absolute Gasteiger partial charge is 0.489 e. The molecule has 25 heavy (non-hydrogen) atoms. The number of carbonyl (C=O) groups excluding carboxylic acids is 1. The average molecular weight is 338 g/mol. The number of nitrogens with zero attached hydrogens (tertiary/aromatic N) is 1. The second-order valence-electron chi connectivity index (χ2n) is 6.49. The van der Waals surface area contributed by atoms with E-state index in [1.54, 1.807) is 0 Å². The van der Waals surface area contributed by atoms with Crippen LogP contribution >= 0.6 is 0 Å². The van der Waals surface area contributed by atoms with E-state index in [9.17, 15) is 4.79 Å². The van der Waals surface area contributed by atoms with Gasteiger partial charge in [0, 0.05) is 12.6 Å². The summed E-state index contributed by atoms with van der Waals surface area (Å²) in [6, 6.07) is 18.6. The van der Waals surface area contributed by atoms with E-state index in [1.807, 2.05) is 54.6 Å². The molecule has 3 rings (SSSR count). The lowest BCUT2D eigenvalue weighted by Crippen LogP contribution is -2.38. The van der Waals surface area contributed by atoms with Gasteiger partial charge < -0.3 is 10.1 Å². The van der Waals surface area contributed by atoms with Gasteiger partial charge in [0.05, 0.1) is 6.54 Å². The Labute approximate surface area is 149 Å². The van der Waals surface area contributed by atoms with E-state index in [0.717, 1.165) is 23.4 Å². The fraction of sp³-hybridized carbons (Fsp3) is 0.381. The Morgan fingerprint density at radius 2 is 1.80 bits per heavy atom. The van der Waals surface area contributed by atoms with Crippen LogP contribution in [0.5, 0.6) is 5.75 Å². The van der Waals surface area contributed by atoms with E-state index in [2.05, 4.69) is 17.1 Å². The van der Waals surface area contributed by atoms with Crippen LogP contribution in [0.3, 0.4) is 0 Å². The highest BCUT2D eigenvalue weighted by atomic mass is 16.5. The minimum absolute atomic E-state index is 0.0955. The molecule has 1 N–H and O–H groups in total. The fourth-order valence-electron chi connectivity index (χ4n) is 2.82. The van der Waals surface area contributed by atoms with Crippen LogP contribution in [-0.4, -0.2) is 29.9 Å². The van der Waals surface area contributed by atoms with Gasteiger partial charge >= 0.3 is 0 Å². The van der Waals surface area contributed by atoms with Crippen molar-refractivity contribution in [1.29, 1.82) is 0 Å². The molecular formula is C21H26N2O2. The maximum absolute atomic E-state index is 12.1. The summed E-state index contributed by atoms with van der Waals surface area (Å²) in [6.07, 6.45) is 2.46. The molecule has 132 valence electrons. The molecule has 0 aliphatic heterocycles. The summed E-state index contributed by atoms with van der Waals surface area (Å²) in [5, 5.41) is 3.00. The lowest BCUT2D eigenvalue weighted by Gasteiger charge is -2.19. The summed E-state index contributed by atoms with van der Waals surface area (Å²) in [5.41, 5.74) is 2.23. The van der Waals surface area contributed by atoms with Crippen molar-refractivity contribution in [3.8, 4) is 5.75 Å². The minimum Gasteiger partial charge on any atom is -0.489 e. The lowest BCUT2D eigenvalue weighted by atomic mass is 10.2. The van der Waals surface area contributed by atoms with Crippen molar-refractivity contribution in [3.63, 3.8) is 0 Å². The molecule has 1 aliphatic rings. The first kappa shape index (κ1) is 17.5. The van der Waals surface area contributed by atoms with E-state index in [0.29, 0.717) is 25.7 Å². The van der Waals surface area contributed by atoms with Crippen LogP contribution in [0, 0.1) is 0 Å². The summed E-state index contributed by atoms with van der Waals surface area (Å²) in [6.45, 7) is 4.66. The topological polar surface area (TPSA) is 41.6 Å². The number of benzene rings is 2. The predicted molar refractivity (Wildman–Crippen MR) is 99.3 cm³/mol. The highest BCUT2D eigenvalue weighted by Gasteiger charge is 2.28. The maximum Gasteiger partial charge on any atom is 0.234 e. The highest BCUT2D eigenvalue weighted by molar-refractivity contribution is 5.78. The van der Waals surface area contributed by atoms with Crippen LogP contribution in [0.25, 0.3) is 0 Å². The van der Waals surface area contributed by atoms with Gasteiger partial charge in [0.2, 0.25) is 5.91 Å². The molecule has 0 bridgehead atoms. The summed E-state index contributed by atoms with van der Waals surface area (Å²) < 4.78 is 5.78. The van der Waals surface area contributed by atoms with E-state index >= 15 is 0 Å². The molecule has 1 aliphatic carbocycles. The zero-order valence-corrected chi connectivity index (χ0v) is 14.8. The zero-order valence-electron chi connectivity index (χ0n) is 14.8. The smallest absolute Gasteiger partial charge is 0.234 e. The number of rotatable bonds is 9. The molecule has 0 unspecified atom stereocenters. The molecule has 0 saturated heterocycles. The molecule has 0 atom stereocenters. The molecule has 4 nitrogen and oxygen atoms in total. The van der Waals surface area contributed by atoms with Gasteiger partial charge in [-0.3, -0.25) is 9.69 Å². The maximum atomic E-state index is 12.1. The molecule has 1 amide bonds. The summed E-state index contributed by atoms with van der Waals surface area (Å²) >= 11 is 0. The molecule has 1 saturated carbocycles. The Morgan fingerprint density at radius 3 is 2.44 bits per heavy atom. The molecule has 4 heteroatoms. The Balaban J connectivity index is 1.42. The first-order valence-corrected chi connectivity index (χ1v) is 9.01. The van der Waals surface area contributed by atoms with Crippen LogP contribution < -0.4 is 10.1 Å². The van der Waals surface area contributed by atoms with Crippen molar-refractivity contribution in [2.24, 2.45) is 0 Å². The molecule has 2 aromatic rings. The number of ether oxygens (including phenoxy) is 1. The number of nitrogens with one attached hydrogen (secondary N) is 1. The van der Waals surface area contributed by atoms with Crippen LogP contribution in [-0.2, 0) is 17.9 Å². The number of hydrogen-bond acceptors (Lipinski definition) is 3. The Hall–Kier alpha value is -2.33. The van der Waals surface area contributed by atoms with Gasteiger partial charge in [-0.15, -0.1) is 0 Å². The first-order chi connectivity index (χ1) is 12.2. The number of amides is 1. The van der Waals surface area contributed by atoms with Crippen molar-refractivity contribution < 1.29 is 9.53 Å². The SMILES string of the molecule is CCN(CC(=O)NCc1ccc(OCc2ccccc2)cc1)C1CC1. The van der Waals surface area contributed by atoms with Gasteiger partial charge in [0.1, 0.15) is 12.4 Å². The van der Waals surface area contributed by atoms with Gasteiger partial charge in [-0.25, -0.2) is 0 Å². The quantitative estimate of drug-likeness (QED) is 0.762. The Morgan fingerprint density at radius 1 is 1.08 bits per heavy atom. The summed E-state index contributed by atoms with van der Waals surface area (Å²) in [4.78, 5) is 14.3. The zero-order chi connectivity index (χ0) is 17.5. The van der Waals surface area contributed by atoms with E-state index < -0.39 is 0 Å². The standard InChI is InChI=1S/C21H26N2O2/c1-2-23(19-10-11-19)15-21(24)22-14-17-8-12-20(13-9-17)25-16-18-6-4-3-5-7-18/h3-9,12-13,19H,2,10-11,14-16H2,1H3,(H,22,24). The number of carbonyl (C=O) groups is 1. The molecule has 1 fully saturated rings. The van der Waals surface area contributed by atoms with Gasteiger partial charge in [0.25, 0.3) is 0 Å². The van der Waals surface area contributed by atoms with Crippen molar-refractivity contribution in [2.75, 3.05) is 13.1 Å². The molecular weight excluding hydrogens is 312 g/mol. The normalized spacial score (nSPS) is 13.7. The molecule has 0 aromatic heterocycles. The second kappa shape index (κ2) is 8.67. The summed E-state index contributed by atoms with van der Waals surface area (Å²) in [5.74, 6) is 0.933. The molecule has 0 heterocycles. The van der Waals surface area contributed by atoms with Gasteiger partial charge in [-0.2, -0.15) is 0 Å². The van der Waals surface area contributed by atoms with Crippen LogP contribution in [0.2, 0.25) is 0 Å². The number of likely N-dealkylation sites (N-methyl/N-ethyl adjacent to an activating group) is 1. The third kappa shape index (κ3) is 5.61. The molecule has 0 radical (unpaired) electrons. The highest BCUT2D eigenvalue weighted by Crippen LogP contribution is 2.25. The molecule has 2 aromatic carbocycles. The third-order valence-electron chi connectivity index (χ3n) is 4.48. The van der Waals surface area contributed by atoms with Crippen molar-refractivity contribution >= 4 is 5.91 Å². The van der Waals surface area contributed by atoms with Crippen LogP contribution in [0.15, 0.2) is 54.6 Å². The minimum atomic E-state index is 0.0955. The van der Waals surface area contributed by atoms with E-state index in [1.165, 1.54) is 12.8 Å². The Kier molecular flexibility index (Phi) is 6.07. The van der Waals surface area contributed by atoms with Crippen molar-refractivity contribution in [3.05, 3.63) is 65.7 Å². The van der Waals surface area contributed by atoms with Crippen molar-refractivity contribution in [1.82, 2.24) is 10.2 Å². The predicted octanol–water partition coefficient (Wildman–Crippen LogP) is 3.37. The fourth-order valence-corrected chi connectivity index (χ4v) is 2.82. The molecule has 0 spiro atoms. The van der Waals surface area contributed by atoms with E-state index in [4.69, 9.17) is 4.74 Å². The second-order valence-corrected chi connectivity index (χ2v) is 6.49. The van der Waals surface area contributed by atoms with Crippen molar-refractivity contribution in [2.45, 2.75) is 39.0 Å². The first-order valence-electron chi connectivity index (χ1n) is 9.01. The number of hydrogen-bond donors (Lipinski definition) is 1. The van der Waals surface area contributed by atoms with Gasteiger partial charge in [0.15, 0.2) is 0 Å². The van der Waals surface area contributed by atoms with E-state index in [-0.39, 0.29) is 5.91 Å². The third-order valence-corrected chi connectivity index (χ3v) is 4.48. The van der Waals surface area contributed by atoms with Gasteiger partial charge in [-0.1, -0.05) is 49.4 Å². The Bertz CT molecular complexity index is 666. The summed E-state index contributed by atoms with van der Waals surface area (Å²) in [7, 11) is 0. The monoisotopic (exact) mass is 338 g/mol.